The van der Waals surface area contributed by atoms with Crippen molar-refractivity contribution in [1.29, 1.82) is 5.26 Å². The molecule has 3 aliphatic heterocycles. The van der Waals surface area contributed by atoms with Gasteiger partial charge in [0.2, 0.25) is 11.8 Å². The number of ether oxygens (including phenoxy) is 1. The normalized spacial score (nSPS) is 23.1. The van der Waals surface area contributed by atoms with Gasteiger partial charge < -0.3 is 15.0 Å². The molecule has 14 heteroatoms. The average Bonchev–Trinajstić information content (AvgIpc) is 3.41. The van der Waals surface area contributed by atoms with Crippen molar-refractivity contribution in [3.63, 3.8) is 0 Å². The molecule has 2 saturated heterocycles. The molecule has 4 heterocycles. The van der Waals surface area contributed by atoms with Crippen LogP contribution >= 0.6 is 11.6 Å². The lowest BCUT2D eigenvalue weighted by molar-refractivity contribution is -0.164. The Bertz CT molecular complexity index is 2090. The third-order valence-electron chi connectivity index (χ3n) is 11.6. The van der Waals surface area contributed by atoms with Gasteiger partial charge in [-0.2, -0.15) is 5.26 Å². The summed E-state index contributed by atoms with van der Waals surface area (Å²) in [4.78, 5) is 73.7. The van der Waals surface area contributed by atoms with Crippen LogP contribution in [-0.2, 0) is 16.0 Å². The molecule has 55 heavy (non-hydrogen) atoms. The molecule has 2 aromatic carbocycles. The van der Waals surface area contributed by atoms with Crippen molar-refractivity contribution in [3.05, 3.63) is 87.7 Å². The number of hydrogen-bond donors (Lipinski definition) is 2. The van der Waals surface area contributed by atoms with Crippen molar-refractivity contribution in [2.75, 3.05) is 37.6 Å². The van der Waals surface area contributed by atoms with Gasteiger partial charge in [0.25, 0.3) is 17.7 Å². The number of piperidine rings is 1. The monoisotopic (exact) mass is 765 g/mol. The van der Waals surface area contributed by atoms with Crippen LogP contribution in [0, 0.1) is 22.2 Å². The fraction of sp³-hybridized carbons (Fsp3) is 0.439. The number of carbonyl (C=O) groups excluding carboxylic acids is 5. The Morgan fingerprint density at radius 3 is 2.36 bits per heavy atom. The Morgan fingerprint density at radius 1 is 0.982 bits per heavy atom. The second-order valence-corrected chi connectivity index (χ2v) is 16.4. The number of carbonyl (C=O) groups is 5. The van der Waals surface area contributed by atoms with Crippen LogP contribution in [0.3, 0.4) is 0 Å². The molecule has 7 rings (SSSR count). The molecule has 2 N–H and O–H groups in total. The van der Waals surface area contributed by atoms with E-state index in [9.17, 15) is 29.2 Å². The van der Waals surface area contributed by atoms with E-state index in [-0.39, 0.29) is 52.9 Å². The predicted molar refractivity (Wildman–Crippen MR) is 204 cm³/mol. The third-order valence-corrected chi connectivity index (χ3v) is 11.9. The van der Waals surface area contributed by atoms with Crippen molar-refractivity contribution < 1.29 is 28.7 Å². The molecule has 1 unspecified atom stereocenters. The van der Waals surface area contributed by atoms with Gasteiger partial charge in [-0.05, 0) is 67.8 Å². The number of aromatic nitrogens is 1. The number of pyridine rings is 1. The number of fused-ring (bicyclic) bond motifs is 1. The number of aryl methyl sites for hydroxylation is 1. The van der Waals surface area contributed by atoms with E-state index < -0.39 is 29.7 Å². The van der Waals surface area contributed by atoms with E-state index in [2.05, 4.69) is 59.2 Å². The summed E-state index contributed by atoms with van der Waals surface area (Å²) >= 11 is 6.23. The minimum atomic E-state index is -0.984. The molecule has 286 valence electrons. The maximum Gasteiger partial charge on any atom is 0.270 e. The lowest BCUT2D eigenvalue weighted by atomic mass is 9.49. The number of amides is 5. The SMILES string of the molecule is CC1(C)C(NC(=O)c2ccc(CCCN3CCN(c4ccc5c(c4)C(=O)N(C4CCC(=O)NC4=O)C5=O)CC3)cn2)C(C)(C)C1Oc1ccc(C#N)c(Cl)c1. The zero-order chi connectivity index (χ0) is 39.2. The van der Waals surface area contributed by atoms with Gasteiger partial charge in [-0.15, -0.1) is 0 Å². The van der Waals surface area contributed by atoms with Crippen LogP contribution in [0.1, 0.15) is 89.3 Å². The van der Waals surface area contributed by atoms with E-state index in [1.54, 1.807) is 42.6 Å². The smallest absolute Gasteiger partial charge is 0.270 e. The van der Waals surface area contributed by atoms with Gasteiger partial charge in [0.1, 0.15) is 29.7 Å². The Kier molecular flexibility index (Phi) is 10.2. The summed E-state index contributed by atoms with van der Waals surface area (Å²) in [6.07, 6.45) is 3.52. The van der Waals surface area contributed by atoms with Crippen LogP contribution in [0.25, 0.3) is 0 Å². The number of piperazine rings is 1. The molecule has 1 aromatic heterocycles. The maximum atomic E-state index is 13.3. The fourth-order valence-corrected chi connectivity index (χ4v) is 9.11. The van der Waals surface area contributed by atoms with E-state index in [0.717, 1.165) is 61.7 Å². The number of nitrogens with zero attached hydrogens (tertiary/aromatic N) is 5. The predicted octanol–water partition coefficient (Wildman–Crippen LogP) is 4.37. The second-order valence-electron chi connectivity index (χ2n) is 16.0. The van der Waals surface area contributed by atoms with Gasteiger partial charge in [0, 0.05) is 67.4 Å². The highest BCUT2D eigenvalue weighted by Crippen LogP contribution is 2.55. The molecule has 0 radical (unpaired) electrons. The van der Waals surface area contributed by atoms with Gasteiger partial charge in [-0.25, -0.2) is 0 Å². The summed E-state index contributed by atoms with van der Waals surface area (Å²) in [5.41, 5.74) is 2.45. The summed E-state index contributed by atoms with van der Waals surface area (Å²) in [5.74, 6) is -1.69. The molecule has 5 amide bonds. The number of imide groups is 2. The summed E-state index contributed by atoms with van der Waals surface area (Å²) in [5, 5.41) is 14.9. The zero-order valence-electron chi connectivity index (χ0n) is 31.4. The fourth-order valence-electron chi connectivity index (χ4n) is 8.90. The van der Waals surface area contributed by atoms with Gasteiger partial charge in [-0.1, -0.05) is 45.4 Å². The lowest BCUT2D eigenvalue weighted by Crippen LogP contribution is -2.74. The van der Waals surface area contributed by atoms with Gasteiger partial charge in [0.15, 0.2) is 0 Å². The van der Waals surface area contributed by atoms with Crippen molar-refractivity contribution >= 4 is 46.8 Å². The number of anilines is 1. The summed E-state index contributed by atoms with van der Waals surface area (Å²) in [6.45, 7) is 12.3. The molecule has 3 fully saturated rings. The third kappa shape index (κ3) is 7.16. The topological polar surface area (TPSA) is 165 Å². The van der Waals surface area contributed by atoms with Crippen molar-refractivity contribution in [2.24, 2.45) is 10.8 Å². The molecule has 0 bridgehead atoms. The van der Waals surface area contributed by atoms with E-state index in [1.165, 1.54) is 0 Å². The quantitative estimate of drug-likeness (QED) is 0.283. The highest BCUT2D eigenvalue weighted by Gasteiger charge is 2.64. The van der Waals surface area contributed by atoms with E-state index in [4.69, 9.17) is 16.3 Å². The molecular weight excluding hydrogens is 722 g/mol. The van der Waals surface area contributed by atoms with E-state index in [1.807, 2.05) is 12.1 Å². The number of halogens is 1. The van der Waals surface area contributed by atoms with E-state index >= 15 is 0 Å². The van der Waals surface area contributed by atoms with Gasteiger partial charge in [0.05, 0.1) is 21.7 Å². The number of hydrogen-bond acceptors (Lipinski definition) is 10. The van der Waals surface area contributed by atoms with Crippen molar-refractivity contribution in [1.82, 2.24) is 25.4 Å². The lowest BCUT2D eigenvalue weighted by Gasteiger charge is -2.63. The standard InChI is InChI=1S/C41H44ClN7O6/c1-40(2)38(41(3,4)39(40)55-27-10-8-25(22-43)30(42)21-27)46-34(51)31-12-7-24(23-44-31)6-5-15-47-16-18-48(19-17-47)26-9-11-28-29(20-26)37(54)49(36(28)53)32-13-14-33(50)45-35(32)52/h7-12,20-21,23,32,38-39H,5-6,13-19H2,1-4H3,(H,46,51)(H,45,50,52). The molecule has 1 atom stereocenters. The van der Waals surface area contributed by atoms with Crippen molar-refractivity contribution in [3.8, 4) is 11.8 Å². The van der Waals surface area contributed by atoms with Crippen LogP contribution in [0.2, 0.25) is 5.02 Å². The van der Waals surface area contributed by atoms with Crippen LogP contribution in [0.15, 0.2) is 54.7 Å². The maximum absolute atomic E-state index is 13.3. The molecule has 1 saturated carbocycles. The molecule has 3 aromatic rings. The van der Waals surface area contributed by atoms with Gasteiger partial charge >= 0.3 is 0 Å². The number of rotatable bonds is 10. The Labute approximate surface area is 324 Å². The Hall–Kier alpha value is -5.32. The second kappa shape index (κ2) is 14.7. The van der Waals surface area contributed by atoms with Gasteiger partial charge in [-0.3, -0.25) is 44.1 Å². The molecule has 1 aliphatic carbocycles. The summed E-state index contributed by atoms with van der Waals surface area (Å²) < 4.78 is 6.34. The van der Waals surface area contributed by atoms with Crippen LogP contribution < -0.4 is 20.3 Å². The first kappa shape index (κ1) is 38.0. The number of nitrogens with one attached hydrogen (secondary N) is 2. The van der Waals surface area contributed by atoms with Crippen molar-refractivity contribution in [2.45, 2.75) is 71.6 Å². The first-order valence-electron chi connectivity index (χ1n) is 18.6. The van der Waals surface area contributed by atoms with Crippen LogP contribution in [-0.4, -0.2) is 95.2 Å². The van der Waals surface area contributed by atoms with Crippen LogP contribution in [0.4, 0.5) is 5.69 Å². The minimum absolute atomic E-state index is 0.0818. The summed E-state index contributed by atoms with van der Waals surface area (Å²) in [6, 6.07) is 14.9. The van der Waals surface area contributed by atoms with E-state index in [0.29, 0.717) is 22.0 Å². The summed E-state index contributed by atoms with van der Waals surface area (Å²) in [7, 11) is 0. The molecule has 0 spiro atoms. The highest BCUT2D eigenvalue weighted by molar-refractivity contribution is 6.31. The Morgan fingerprint density at radius 2 is 1.71 bits per heavy atom. The molecule has 13 nitrogen and oxygen atoms in total. The zero-order valence-corrected chi connectivity index (χ0v) is 32.1. The highest BCUT2D eigenvalue weighted by atomic mass is 35.5. The Balaban J connectivity index is 0.864. The first-order valence-corrected chi connectivity index (χ1v) is 19.0. The molecular formula is C41H44ClN7O6. The first-order chi connectivity index (χ1) is 26.2. The minimum Gasteiger partial charge on any atom is -0.489 e. The number of nitriles is 1. The average molecular weight is 766 g/mol. The largest absolute Gasteiger partial charge is 0.489 e. The number of benzene rings is 2. The molecule has 4 aliphatic rings. The van der Waals surface area contributed by atoms with Crippen LogP contribution in [0.5, 0.6) is 5.75 Å².